The predicted octanol–water partition coefficient (Wildman–Crippen LogP) is 5.20. The van der Waals surface area contributed by atoms with Gasteiger partial charge in [0, 0.05) is 29.7 Å². The average molecular weight is 460 g/mol. The zero-order valence-corrected chi connectivity index (χ0v) is 19.3. The van der Waals surface area contributed by atoms with Gasteiger partial charge in [0.25, 0.3) is 5.91 Å². The van der Waals surface area contributed by atoms with Crippen LogP contribution < -0.4 is 10.1 Å². The Balaban J connectivity index is 1.53. The largest absolute Gasteiger partial charge is 0.494 e. The third-order valence-corrected chi connectivity index (χ3v) is 6.14. The van der Waals surface area contributed by atoms with Gasteiger partial charge in [0.1, 0.15) is 5.75 Å². The van der Waals surface area contributed by atoms with E-state index in [0.717, 1.165) is 36.4 Å². The molecular formula is C27H26ClN3O2. The van der Waals surface area contributed by atoms with Gasteiger partial charge in [-0.2, -0.15) is 5.26 Å². The lowest BCUT2D eigenvalue weighted by Gasteiger charge is -2.29. The van der Waals surface area contributed by atoms with Gasteiger partial charge in [-0.05, 0) is 73.0 Å². The summed E-state index contributed by atoms with van der Waals surface area (Å²) in [6.07, 6.45) is 0.864. The molecule has 1 amide bonds. The molecule has 0 saturated carbocycles. The molecule has 3 aromatic rings. The normalized spacial score (nSPS) is 16.7. The number of likely N-dealkylation sites (tertiary alicyclic amines) is 1. The Morgan fingerprint density at radius 3 is 2.33 bits per heavy atom. The zero-order valence-electron chi connectivity index (χ0n) is 18.5. The highest BCUT2D eigenvalue weighted by molar-refractivity contribution is 6.30. The predicted molar refractivity (Wildman–Crippen MR) is 130 cm³/mol. The molecule has 0 aromatic heterocycles. The van der Waals surface area contributed by atoms with Crippen molar-refractivity contribution >= 4 is 17.5 Å². The first-order chi connectivity index (χ1) is 16.1. The van der Waals surface area contributed by atoms with Crippen molar-refractivity contribution in [1.29, 1.82) is 5.26 Å². The number of rotatable bonds is 7. The summed E-state index contributed by atoms with van der Waals surface area (Å²) in [5, 5.41) is 13.0. The summed E-state index contributed by atoms with van der Waals surface area (Å²) in [4.78, 5) is 15.1. The van der Waals surface area contributed by atoms with Gasteiger partial charge in [-0.3, -0.25) is 9.69 Å². The third kappa shape index (κ3) is 5.54. The van der Waals surface area contributed by atoms with Gasteiger partial charge < -0.3 is 10.1 Å². The molecule has 1 aliphatic rings. The Bertz CT molecular complexity index is 1120. The summed E-state index contributed by atoms with van der Waals surface area (Å²) in [6, 6.07) is 25.1. The minimum absolute atomic E-state index is 0.0193. The van der Waals surface area contributed by atoms with Crippen molar-refractivity contribution in [2.75, 3.05) is 19.7 Å². The van der Waals surface area contributed by atoms with Crippen LogP contribution in [-0.4, -0.2) is 36.5 Å². The van der Waals surface area contributed by atoms with Crippen LogP contribution in [0.15, 0.2) is 72.8 Å². The maximum atomic E-state index is 12.7. The fraction of sp³-hybridized carbons (Fsp3) is 0.259. The summed E-state index contributed by atoms with van der Waals surface area (Å²) in [5.41, 5.74) is 3.50. The Morgan fingerprint density at radius 1 is 1.09 bits per heavy atom. The third-order valence-electron chi connectivity index (χ3n) is 5.89. The molecule has 1 aliphatic heterocycles. The minimum Gasteiger partial charge on any atom is -0.494 e. The van der Waals surface area contributed by atoms with E-state index in [0.29, 0.717) is 22.8 Å². The summed E-state index contributed by atoms with van der Waals surface area (Å²) in [6.45, 7) is 4.18. The first-order valence-corrected chi connectivity index (χ1v) is 11.5. The van der Waals surface area contributed by atoms with Gasteiger partial charge in [-0.25, -0.2) is 0 Å². The number of carbonyl (C=O) groups excluding carboxylic acids is 1. The monoisotopic (exact) mass is 459 g/mol. The summed E-state index contributed by atoms with van der Waals surface area (Å²) in [7, 11) is 0. The highest BCUT2D eigenvalue weighted by Crippen LogP contribution is 2.33. The molecule has 1 N–H and O–H groups in total. The molecule has 1 heterocycles. The zero-order chi connectivity index (χ0) is 23.2. The van der Waals surface area contributed by atoms with Crippen LogP contribution in [-0.2, 0) is 0 Å². The fourth-order valence-electron chi connectivity index (χ4n) is 4.28. The molecule has 1 saturated heterocycles. The SMILES string of the molecule is CCOc1ccc(C(c2ccc(C#N)cc2)N2CC[C@@H](NC(=O)c3ccc(Cl)cc3)C2)cc1. The summed E-state index contributed by atoms with van der Waals surface area (Å²) in [5.74, 6) is 0.754. The maximum Gasteiger partial charge on any atom is 0.251 e. The number of nitrogens with zero attached hydrogens (tertiary/aromatic N) is 2. The molecule has 2 atom stereocenters. The molecule has 0 radical (unpaired) electrons. The van der Waals surface area contributed by atoms with E-state index >= 15 is 0 Å². The van der Waals surface area contributed by atoms with Crippen molar-refractivity contribution in [3.05, 3.63) is 100 Å². The van der Waals surface area contributed by atoms with E-state index in [1.165, 1.54) is 0 Å². The minimum atomic E-state index is -0.0884. The molecule has 6 heteroatoms. The van der Waals surface area contributed by atoms with Crippen molar-refractivity contribution in [2.45, 2.75) is 25.4 Å². The van der Waals surface area contributed by atoms with Gasteiger partial charge in [0.05, 0.1) is 24.3 Å². The number of hydrogen-bond donors (Lipinski definition) is 1. The van der Waals surface area contributed by atoms with E-state index in [1.807, 2.05) is 43.3 Å². The molecule has 168 valence electrons. The van der Waals surface area contributed by atoms with Crippen molar-refractivity contribution in [3.8, 4) is 11.8 Å². The second-order valence-electron chi connectivity index (χ2n) is 8.10. The molecule has 0 bridgehead atoms. The second kappa shape index (κ2) is 10.5. The van der Waals surface area contributed by atoms with Crippen molar-refractivity contribution in [3.63, 3.8) is 0 Å². The van der Waals surface area contributed by atoms with E-state index in [2.05, 4.69) is 28.4 Å². The van der Waals surface area contributed by atoms with Crippen LogP contribution in [0.5, 0.6) is 5.75 Å². The Hall–Kier alpha value is -3.33. The lowest BCUT2D eigenvalue weighted by atomic mass is 9.96. The molecular weight excluding hydrogens is 434 g/mol. The number of hydrogen-bond acceptors (Lipinski definition) is 4. The van der Waals surface area contributed by atoms with Crippen LogP contribution in [0.1, 0.15) is 46.4 Å². The van der Waals surface area contributed by atoms with Crippen LogP contribution in [0.2, 0.25) is 5.02 Å². The summed E-state index contributed by atoms with van der Waals surface area (Å²) >= 11 is 5.94. The quantitative estimate of drug-likeness (QED) is 0.527. The van der Waals surface area contributed by atoms with Crippen LogP contribution in [0, 0.1) is 11.3 Å². The Labute approximate surface area is 199 Å². The van der Waals surface area contributed by atoms with Crippen LogP contribution in [0.3, 0.4) is 0 Å². The lowest BCUT2D eigenvalue weighted by Crippen LogP contribution is -2.38. The molecule has 4 rings (SSSR count). The first-order valence-electron chi connectivity index (χ1n) is 11.1. The highest BCUT2D eigenvalue weighted by atomic mass is 35.5. The molecule has 5 nitrogen and oxygen atoms in total. The number of ether oxygens (including phenoxy) is 1. The highest BCUT2D eigenvalue weighted by Gasteiger charge is 2.31. The van der Waals surface area contributed by atoms with Crippen molar-refractivity contribution < 1.29 is 9.53 Å². The lowest BCUT2D eigenvalue weighted by molar-refractivity contribution is 0.0937. The first kappa shape index (κ1) is 22.8. The maximum absolute atomic E-state index is 12.7. The number of benzene rings is 3. The van der Waals surface area contributed by atoms with Gasteiger partial charge >= 0.3 is 0 Å². The van der Waals surface area contributed by atoms with Gasteiger partial charge in [-0.1, -0.05) is 35.9 Å². The van der Waals surface area contributed by atoms with Crippen molar-refractivity contribution in [1.82, 2.24) is 10.2 Å². The summed E-state index contributed by atoms with van der Waals surface area (Å²) < 4.78 is 5.61. The molecule has 0 spiro atoms. The van der Waals surface area contributed by atoms with E-state index in [9.17, 15) is 10.1 Å². The molecule has 1 fully saturated rings. The molecule has 0 aliphatic carbocycles. The van der Waals surface area contributed by atoms with Gasteiger partial charge in [-0.15, -0.1) is 0 Å². The molecule has 33 heavy (non-hydrogen) atoms. The van der Waals surface area contributed by atoms with E-state index in [1.54, 1.807) is 24.3 Å². The number of nitrogens with one attached hydrogen (secondary N) is 1. The van der Waals surface area contributed by atoms with Gasteiger partial charge in [0.2, 0.25) is 0 Å². The van der Waals surface area contributed by atoms with E-state index in [-0.39, 0.29) is 18.0 Å². The van der Waals surface area contributed by atoms with Crippen LogP contribution in [0.4, 0.5) is 0 Å². The Kier molecular flexibility index (Phi) is 7.29. The Morgan fingerprint density at radius 2 is 1.73 bits per heavy atom. The van der Waals surface area contributed by atoms with Crippen LogP contribution in [0.25, 0.3) is 0 Å². The number of amides is 1. The number of halogens is 1. The number of carbonyl (C=O) groups is 1. The molecule has 1 unspecified atom stereocenters. The van der Waals surface area contributed by atoms with E-state index in [4.69, 9.17) is 16.3 Å². The topological polar surface area (TPSA) is 65.4 Å². The second-order valence-corrected chi connectivity index (χ2v) is 8.54. The van der Waals surface area contributed by atoms with Crippen molar-refractivity contribution in [2.24, 2.45) is 0 Å². The van der Waals surface area contributed by atoms with Crippen LogP contribution >= 0.6 is 11.6 Å². The fourth-order valence-corrected chi connectivity index (χ4v) is 4.40. The standard InChI is InChI=1S/C27H26ClN3O2/c1-2-33-25-13-9-21(10-14-25)26(20-5-3-19(17-29)4-6-20)31-16-15-24(18-31)30-27(32)22-7-11-23(28)12-8-22/h3-14,24,26H,2,15-16,18H2,1H3,(H,30,32)/t24-,26?/m1/s1. The van der Waals surface area contributed by atoms with E-state index < -0.39 is 0 Å². The number of nitriles is 1. The average Bonchev–Trinajstić information content (AvgIpc) is 3.29. The smallest absolute Gasteiger partial charge is 0.251 e. The van der Waals surface area contributed by atoms with Gasteiger partial charge in [0.15, 0.2) is 0 Å². The molecule has 3 aromatic carbocycles.